The van der Waals surface area contributed by atoms with Gasteiger partial charge in [-0.2, -0.15) is 0 Å². The number of sulfonamides is 1. The van der Waals surface area contributed by atoms with Gasteiger partial charge >= 0.3 is 0 Å². The molecule has 1 atom stereocenters. The molecule has 336 valence electrons. The van der Waals surface area contributed by atoms with E-state index in [4.69, 9.17) is 0 Å². The van der Waals surface area contributed by atoms with Gasteiger partial charge in [-0.1, -0.05) is 12.1 Å². The van der Waals surface area contributed by atoms with Crippen molar-refractivity contribution < 1.29 is 32.3 Å². The lowest BCUT2D eigenvalue weighted by atomic mass is 9.96. The van der Waals surface area contributed by atoms with Crippen LogP contribution in [0.2, 0.25) is 0 Å². The van der Waals surface area contributed by atoms with Gasteiger partial charge in [0.1, 0.15) is 17.3 Å². The molecule has 1 aliphatic heterocycles. The molecule has 0 amide bonds. The molecule has 0 radical (unpaired) electrons. The molecule has 1 saturated heterocycles. The first kappa shape index (κ1) is 46.0. The molecule has 2 heterocycles. The number of aromatic nitrogens is 1. The number of piperazine rings is 1. The van der Waals surface area contributed by atoms with Crippen LogP contribution in [-0.2, 0) is 17.1 Å². The Balaban J connectivity index is 1.01. The number of thioether (sulfide) groups is 1. The van der Waals surface area contributed by atoms with Crippen LogP contribution in [0.4, 0.5) is 37.2 Å². The van der Waals surface area contributed by atoms with Gasteiger partial charge in [-0.05, 0) is 142 Å². The molecule has 6 aromatic rings. The fourth-order valence-electron chi connectivity index (χ4n) is 7.92. The molecule has 17 heteroatoms. The number of nitro benzene ring substituents is 1. The van der Waals surface area contributed by atoms with E-state index in [2.05, 4.69) is 19.8 Å². The van der Waals surface area contributed by atoms with Gasteiger partial charge in [0.25, 0.3) is 15.7 Å². The SMILES string of the molecule is Cc1c(C(O)O)c(-c2cccc(N3CCN(c4ccc(NS(=O)(=O)c5ccc(N[C@H](CCN(C)C)CSc6ccc(F)cc6)c([N+](=O)[O-])c5)cc4)CC3)c2)c(-c2ccc(F)cc2)n1C. The molecule has 5 aromatic carbocycles. The summed E-state index contributed by atoms with van der Waals surface area (Å²) in [5, 5.41) is 36.5. The van der Waals surface area contributed by atoms with Crippen molar-refractivity contribution in [1.82, 2.24) is 9.47 Å². The minimum Gasteiger partial charge on any atom is -0.376 e. The Hall–Kier alpha value is -5.98. The first-order chi connectivity index (χ1) is 30.6. The van der Waals surface area contributed by atoms with E-state index in [1.165, 1.54) is 48.2 Å². The lowest BCUT2D eigenvalue weighted by Crippen LogP contribution is -2.46. The molecule has 0 spiro atoms. The van der Waals surface area contributed by atoms with Crippen LogP contribution < -0.4 is 19.8 Å². The lowest BCUT2D eigenvalue weighted by molar-refractivity contribution is -0.384. The predicted molar refractivity (Wildman–Crippen MR) is 251 cm³/mol. The molecule has 64 heavy (non-hydrogen) atoms. The maximum Gasteiger partial charge on any atom is 0.293 e. The topological polar surface area (TPSA) is 156 Å². The van der Waals surface area contributed by atoms with Gasteiger partial charge in [-0.25, -0.2) is 17.2 Å². The van der Waals surface area contributed by atoms with Crippen LogP contribution in [0.25, 0.3) is 22.4 Å². The zero-order valence-electron chi connectivity index (χ0n) is 35.9. The zero-order chi connectivity index (χ0) is 45.7. The summed E-state index contributed by atoms with van der Waals surface area (Å²) in [6.07, 6.45) is -1.07. The van der Waals surface area contributed by atoms with E-state index in [1.807, 2.05) is 73.9 Å². The standard InChI is InChI=1S/C47H51F2N7O6S2/c1-31-44(47(57)58)45(46(53(31)4)32-8-10-34(48)11-9-32)33-6-5-7-39(28-33)55-26-24-54(25-27-55)38-16-14-36(15-17-38)51-64(61,62)41-20-21-42(43(29-41)56(59)60)50-37(22-23-52(2)3)30-63-40-18-12-35(49)13-19-40/h5-21,28-29,37,47,50-51,57-58H,22-27,30H2,1-4H3/t37-/m1/s1. The van der Waals surface area contributed by atoms with Crippen LogP contribution in [0.5, 0.6) is 0 Å². The third kappa shape index (κ3) is 10.7. The van der Waals surface area contributed by atoms with Crippen LogP contribution in [0.15, 0.2) is 125 Å². The average Bonchev–Trinajstić information content (AvgIpc) is 3.55. The van der Waals surface area contributed by atoms with Crippen LogP contribution in [-0.4, -0.2) is 91.6 Å². The van der Waals surface area contributed by atoms with Crippen molar-refractivity contribution in [3.63, 3.8) is 0 Å². The van der Waals surface area contributed by atoms with Crippen LogP contribution >= 0.6 is 11.8 Å². The summed E-state index contributed by atoms with van der Waals surface area (Å²) in [6, 6.07) is 30.8. The number of hydrogen-bond donors (Lipinski definition) is 4. The summed E-state index contributed by atoms with van der Waals surface area (Å²) in [5.41, 5.74) is 6.01. The first-order valence-corrected chi connectivity index (χ1v) is 23.2. The number of benzene rings is 5. The number of hydrogen-bond acceptors (Lipinski definition) is 11. The number of halogens is 2. The van der Waals surface area contributed by atoms with Gasteiger partial charge in [-0.3, -0.25) is 14.8 Å². The summed E-state index contributed by atoms with van der Waals surface area (Å²) in [5.74, 6) is -0.163. The molecule has 1 fully saturated rings. The molecule has 13 nitrogen and oxygen atoms in total. The second-order valence-corrected chi connectivity index (χ2v) is 18.7. The van der Waals surface area contributed by atoms with Gasteiger partial charge in [0.15, 0.2) is 6.29 Å². The lowest BCUT2D eigenvalue weighted by Gasteiger charge is -2.37. The smallest absolute Gasteiger partial charge is 0.293 e. The van der Waals surface area contributed by atoms with E-state index in [9.17, 15) is 37.5 Å². The number of nitro groups is 1. The van der Waals surface area contributed by atoms with E-state index in [1.54, 1.807) is 36.4 Å². The molecule has 4 N–H and O–H groups in total. The number of aliphatic hydroxyl groups excluding tert-OH is 1. The van der Waals surface area contributed by atoms with Gasteiger partial charge < -0.3 is 34.8 Å². The van der Waals surface area contributed by atoms with Crippen molar-refractivity contribution in [2.75, 3.05) is 72.4 Å². The normalized spacial score (nSPS) is 13.7. The van der Waals surface area contributed by atoms with E-state index < -0.39 is 21.2 Å². The molecular weight excluding hydrogens is 861 g/mol. The van der Waals surface area contributed by atoms with E-state index in [-0.39, 0.29) is 33.9 Å². The molecule has 0 aliphatic carbocycles. The van der Waals surface area contributed by atoms with Crippen LogP contribution in [0, 0.1) is 28.7 Å². The zero-order valence-corrected chi connectivity index (χ0v) is 37.5. The van der Waals surface area contributed by atoms with Gasteiger partial charge in [0, 0.05) is 89.9 Å². The molecule has 0 unspecified atom stereocenters. The summed E-state index contributed by atoms with van der Waals surface area (Å²) < 4.78 is 58.9. The van der Waals surface area contributed by atoms with Crippen molar-refractivity contribution in [3.05, 3.63) is 148 Å². The van der Waals surface area contributed by atoms with Crippen molar-refractivity contribution in [1.29, 1.82) is 0 Å². The number of nitrogens with one attached hydrogen (secondary N) is 2. The minimum absolute atomic E-state index is 0.197. The summed E-state index contributed by atoms with van der Waals surface area (Å²) >= 11 is 1.49. The first-order valence-electron chi connectivity index (χ1n) is 20.7. The fraction of sp³-hybridized carbons (Fsp3) is 0.277. The largest absolute Gasteiger partial charge is 0.376 e. The molecule has 7 rings (SSSR count). The highest BCUT2D eigenvalue weighted by Gasteiger charge is 2.27. The number of anilines is 4. The monoisotopic (exact) mass is 911 g/mol. The quantitative estimate of drug-likeness (QED) is 0.0301. The maximum absolute atomic E-state index is 13.9. The predicted octanol–water partition coefficient (Wildman–Crippen LogP) is 8.49. The Bertz CT molecular complexity index is 2690. The Labute approximate surface area is 376 Å². The fourth-order valence-corrected chi connectivity index (χ4v) is 9.97. The van der Waals surface area contributed by atoms with Crippen molar-refractivity contribution in [2.45, 2.75) is 35.5 Å². The highest BCUT2D eigenvalue weighted by Crippen LogP contribution is 2.42. The summed E-state index contributed by atoms with van der Waals surface area (Å²) in [4.78, 5) is 18.7. The number of nitrogens with zero attached hydrogens (tertiary/aromatic N) is 5. The summed E-state index contributed by atoms with van der Waals surface area (Å²) in [6.45, 7) is 5.23. The maximum atomic E-state index is 13.9. The second-order valence-electron chi connectivity index (χ2n) is 16.0. The third-order valence-corrected chi connectivity index (χ3v) is 14.0. The Kier molecular flexibility index (Phi) is 14.3. The van der Waals surface area contributed by atoms with Crippen molar-refractivity contribution >= 4 is 50.2 Å². The van der Waals surface area contributed by atoms with E-state index in [0.717, 1.165) is 39.2 Å². The third-order valence-electron chi connectivity index (χ3n) is 11.4. The number of rotatable bonds is 17. The number of aliphatic hydroxyl groups is 2. The summed E-state index contributed by atoms with van der Waals surface area (Å²) in [7, 11) is 1.51. The molecule has 0 saturated carbocycles. The molecule has 0 bridgehead atoms. The molecule has 1 aromatic heterocycles. The average molecular weight is 912 g/mol. The van der Waals surface area contributed by atoms with Crippen LogP contribution in [0.1, 0.15) is 24.0 Å². The van der Waals surface area contributed by atoms with Gasteiger partial charge in [0.05, 0.1) is 15.5 Å². The van der Waals surface area contributed by atoms with E-state index in [0.29, 0.717) is 67.4 Å². The molecule has 1 aliphatic rings. The van der Waals surface area contributed by atoms with Crippen LogP contribution in [0.3, 0.4) is 0 Å². The second kappa shape index (κ2) is 19.8. The van der Waals surface area contributed by atoms with Gasteiger partial charge in [-0.15, -0.1) is 11.8 Å². The minimum atomic E-state index is -4.20. The van der Waals surface area contributed by atoms with Crippen molar-refractivity contribution in [3.8, 4) is 22.4 Å². The highest BCUT2D eigenvalue weighted by molar-refractivity contribution is 7.99. The Morgan fingerprint density at radius 2 is 1.45 bits per heavy atom. The Morgan fingerprint density at radius 1 is 0.828 bits per heavy atom. The highest BCUT2D eigenvalue weighted by atomic mass is 32.2. The van der Waals surface area contributed by atoms with Crippen molar-refractivity contribution in [2.24, 2.45) is 7.05 Å². The van der Waals surface area contributed by atoms with Gasteiger partial charge in [0.2, 0.25) is 0 Å². The van der Waals surface area contributed by atoms with E-state index >= 15 is 0 Å². The Morgan fingerprint density at radius 3 is 2.06 bits per heavy atom. The molecular formula is C47H51F2N7O6S2.